The monoisotopic (exact) mass is 368 g/mol. The Morgan fingerprint density at radius 1 is 1.37 bits per heavy atom. The molecule has 1 saturated heterocycles. The van der Waals surface area contributed by atoms with Crippen LogP contribution in [-0.4, -0.2) is 50.3 Å². The van der Waals surface area contributed by atoms with Gasteiger partial charge in [0.05, 0.1) is 26.2 Å². The van der Waals surface area contributed by atoms with Crippen molar-refractivity contribution in [3.8, 4) is 5.75 Å². The number of methoxy groups -OCH3 is 2. The van der Waals surface area contributed by atoms with Gasteiger partial charge in [-0.2, -0.15) is 0 Å². The number of fused-ring (bicyclic) bond motifs is 1. The van der Waals surface area contributed by atoms with E-state index in [0.29, 0.717) is 6.04 Å². The molecule has 144 valence electrons. The van der Waals surface area contributed by atoms with E-state index in [-0.39, 0.29) is 28.8 Å². The second kappa shape index (κ2) is 5.74. The van der Waals surface area contributed by atoms with Gasteiger partial charge < -0.3 is 14.8 Å². The lowest BCUT2D eigenvalue weighted by Crippen LogP contribution is -2.66. The molecule has 1 N–H and O–H groups in total. The molecule has 0 amide bonds. The molecule has 2 fully saturated rings. The number of nitrogens with one attached hydrogen (secondary N) is 1. The van der Waals surface area contributed by atoms with Crippen molar-refractivity contribution < 1.29 is 14.3 Å². The lowest BCUT2D eigenvalue weighted by molar-refractivity contribution is -0.151. The maximum atomic E-state index is 12.9. The molecule has 1 saturated carbocycles. The Morgan fingerprint density at radius 2 is 2.22 bits per heavy atom. The number of carbonyl (C=O) groups is 1. The van der Waals surface area contributed by atoms with Crippen molar-refractivity contribution in [3.63, 3.8) is 0 Å². The molecule has 1 aromatic carbocycles. The quantitative estimate of drug-likeness (QED) is 0.657. The van der Waals surface area contributed by atoms with Gasteiger partial charge in [-0.15, -0.1) is 0 Å². The molecule has 3 aliphatic heterocycles. The molecule has 5 rings (SSSR count). The number of carbonyl (C=O) groups excluding carboxylic acids is 1. The minimum Gasteiger partial charge on any atom is -0.497 e. The molecular weight excluding hydrogens is 340 g/mol. The van der Waals surface area contributed by atoms with Crippen LogP contribution in [0.4, 0.5) is 5.69 Å². The number of hydrogen-bond acceptors (Lipinski definition) is 5. The zero-order chi connectivity index (χ0) is 18.8. The highest BCUT2D eigenvalue weighted by molar-refractivity contribution is 5.78. The summed E-state index contributed by atoms with van der Waals surface area (Å²) in [4.78, 5) is 15.5. The average Bonchev–Trinajstić information content (AvgIpc) is 3.26. The van der Waals surface area contributed by atoms with Crippen LogP contribution in [0.1, 0.15) is 31.7 Å². The van der Waals surface area contributed by atoms with Gasteiger partial charge in [0.1, 0.15) is 5.75 Å². The molecule has 1 aromatic rings. The first-order valence-electron chi connectivity index (χ1n) is 10.0. The van der Waals surface area contributed by atoms with E-state index in [1.165, 1.54) is 12.7 Å². The summed E-state index contributed by atoms with van der Waals surface area (Å²) in [6, 6.07) is 6.88. The molecular formula is C22H28N2O3. The highest BCUT2D eigenvalue weighted by Gasteiger charge is 2.69. The standard InChI is InChI=1S/C22H28N2O3/c1-4-21-8-5-10-24-11-9-22(20(21)24)16-7-6-14(26-2)12-17(16)23-18(22)15(13-21)19(25)27-3/h5-8,12,15,18,20,23H,4,9-11,13H2,1-3H3/t15-,18+,20-,21-,22-/m0/s1. The van der Waals surface area contributed by atoms with E-state index in [2.05, 4.69) is 47.5 Å². The maximum absolute atomic E-state index is 12.9. The van der Waals surface area contributed by atoms with Crippen molar-refractivity contribution in [1.82, 2.24) is 4.90 Å². The van der Waals surface area contributed by atoms with Crippen molar-refractivity contribution in [2.75, 3.05) is 32.6 Å². The van der Waals surface area contributed by atoms with Crippen LogP contribution >= 0.6 is 0 Å². The minimum absolute atomic E-state index is 0.0212. The molecule has 27 heavy (non-hydrogen) atoms. The summed E-state index contributed by atoms with van der Waals surface area (Å²) in [5.41, 5.74) is 2.44. The van der Waals surface area contributed by atoms with Crippen molar-refractivity contribution in [1.29, 1.82) is 0 Å². The van der Waals surface area contributed by atoms with Crippen molar-refractivity contribution in [2.24, 2.45) is 11.3 Å². The zero-order valence-corrected chi connectivity index (χ0v) is 16.3. The Balaban J connectivity index is 1.73. The normalized spacial score (nSPS) is 38.6. The molecule has 0 aromatic heterocycles. The van der Waals surface area contributed by atoms with E-state index in [1.807, 2.05) is 0 Å². The van der Waals surface area contributed by atoms with Gasteiger partial charge >= 0.3 is 5.97 Å². The van der Waals surface area contributed by atoms with Crippen LogP contribution in [-0.2, 0) is 14.9 Å². The molecule has 0 radical (unpaired) electrons. The predicted molar refractivity (Wildman–Crippen MR) is 104 cm³/mol. The number of hydrogen-bond donors (Lipinski definition) is 1. The molecule has 5 heteroatoms. The lowest BCUT2D eigenvalue weighted by atomic mass is 9.51. The van der Waals surface area contributed by atoms with Gasteiger partial charge in [-0.05, 0) is 37.4 Å². The van der Waals surface area contributed by atoms with Crippen molar-refractivity contribution in [2.45, 2.75) is 43.7 Å². The van der Waals surface area contributed by atoms with Gasteiger partial charge in [-0.1, -0.05) is 25.1 Å². The largest absolute Gasteiger partial charge is 0.497 e. The van der Waals surface area contributed by atoms with Gasteiger partial charge in [0, 0.05) is 35.2 Å². The third-order valence-corrected chi connectivity index (χ3v) is 7.76. The maximum Gasteiger partial charge on any atom is 0.310 e. The third kappa shape index (κ3) is 2.01. The molecule has 0 bridgehead atoms. The number of benzene rings is 1. The van der Waals surface area contributed by atoms with E-state index in [9.17, 15) is 4.79 Å². The second-order valence-electron chi connectivity index (χ2n) is 8.54. The zero-order valence-electron chi connectivity index (χ0n) is 16.3. The van der Waals surface area contributed by atoms with Gasteiger partial charge in [-0.25, -0.2) is 0 Å². The first-order chi connectivity index (χ1) is 13.1. The molecule has 3 heterocycles. The molecule has 5 nitrogen and oxygen atoms in total. The van der Waals surface area contributed by atoms with Crippen LogP contribution in [0.5, 0.6) is 5.75 Å². The topological polar surface area (TPSA) is 50.8 Å². The summed E-state index contributed by atoms with van der Waals surface area (Å²) in [6.07, 6.45) is 7.68. The van der Waals surface area contributed by atoms with Crippen molar-refractivity contribution >= 4 is 11.7 Å². The minimum atomic E-state index is -0.146. The Bertz CT molecular complexity index is 822. The molecule has 0 unspecified atom stereocenters. The lowest BCUT2D eigenvalue weighted by Gasteiger charge is -2.57. The summed E-state index contributed by atoms with van der Waals surface area (Å²) in [5.74, 6) is 0.619. The van der Waals surface area contributed by atoms with Crippen LogP contribution in [0.3, 0.4) is 0 Å². The summed E-state index contributed by atoms with van der Waals surface area (Å²) in [5, 5.41) is 3.74. The number of nitrogens with zero attached hydrogens (tertiary/aromatic N) is 1. The number of esters is 1. The highest BCUT2D eigenvalue weighted by atomic mass is 16.5. The summed E-state index contributed by atoms with van der Waals surface area (Å²) in [6.45, 7) is 4.36. The summed E-state index contributed by atoms with van der Waals surface area (Å²) >= 11 is 0. The smallest absolute Gasteiger partial charge is 0.310 e. The van der Waals surface area contributed by atoms with E-state index in [0.717, 1.165) is 43.8 Å². The van der Waals surface area contributed by atoms with Gasteiger partial charge in [0.25, 0.3) is 0 Å². The van der Waals surface area contributed by atoms with Crippen LogP contribution in [0.15, 0.2) is 30.4 Å². The molecule has 5 atom stereocenters. The number of anilines is 1. The summed E-state index contributed by atoms with van der Waals surface area (Å²) in [7, 11) is 3.22. The van der Waals surface area contributed by atoms with Crippen LogP contribution in [0, 0.1) is 11.3 Å². The third-order valence-electron chi connectivity index (χ3n) is 7.76. The first kappa shape index (κ1) is 17.1. The van der Waals surface area contributed by atoms with Crippen molar-refractivity contribution in [3.05, 3.63) is 35.9 Å². The fraction of sp³-hybridized carbons (Fsp3) is 0.591. The molecule has 1 aliphatic carbocycles. The number of rotatable bonds is 3. The second-order valence-corrected chi connectivity index (χ2v) is 8.54. The van der Waals surface area contributed by atoms with E-state index in [4.69, 9.17) is 9.47 Å². The Kier molecular flexibility index (Phi) is 3.64. The van der Waals surface area contributed by atoms with E-state index >= 15 is 0 Å². The Hall–Kier alpha value is -2.01. The predicted octanol–water partition coefficient (Wildman–Crippen LogP) is 2.96. The van der Waals surface area contributed by atoms with Crippen LogP contribution < -0.4 is 10.1 Å². The van der Waals surface area contributed by atoms with E-state index in [1.54, 1.807) is 7.11 Å². The molecule has 4 aliphatic rings. The van der Waals surface area contributed by atoms with Gasteiger partial charge in [0.2, 0.25) is 0 Å². The average molecular weight is 368 g/mol. The Labute approximate surface area is 160 Å². The fourth-order valence-electron chi connectivity index (χ4n) is 6.75. The van der Waals surface area contributed by atoms with E-state index < -0.39 is 0 Å². The van der Waals surface area contributed by atoms with Crippen LogP contribution in [0.2, 0.25) is 0 Å². The van der Waals surface area contributed by atoms with Crippen LogP contribution in [0.25, 0.3) is 0 Å². The SMILES string of the molecule is CC[C@]12C=CCN3CC[C@@]4(c5ccc(OC)cc5N[C@@H]4[C@@H](C(=O)OC)C1)[C@@H]32. The first-order valence-corrected chi connectivity index (χ1v) is 10.0. The number of ether oxygens (including phenoxy) is 2. The fourth-order valence-corrected chi connectivity index (χ4v) is 6.75. The van der Waals surface area contributed by atoms with Gasteiger partial charge in [0.15, 0.2) is 0 Å². The summed E-state index contributed by atoms with van der Waals surface area (Å²) < 4.78 is 10.7. The molecule has 1 spiro atoms. The van der Waals surface area contributed by atoms with Gasteiger partial charge in [-0.3, -0.25) is 9.69 Å². The highest BCUT2D eigenvalue weighted by Crippen LogP contribution is 2.64. The Morgan fingerprint density at radius 3 is 2.96 bits per heavy atom.